The van der Waals surface area contributed by atoms with E-state index in [4.69, 9.17) is 4.42 Å². The number of imidazole rings is 1. The molecule has 1 aliphatic rings. The largest absolute Gasteiger partial charge is 0.467 e. The van der Waals surface area contributed by atoms with Crippen LogP contribution in [0.5, 0.6) is 0 Å². The summed E-state index contributed by atoms with van der Waals surface area (Å²) >= 11 is 0. The second-order valence-corrected chi connectivity index (χ2v) is 6.75. The van der Waals surface area contributed by atoms with E-state index >= 15 is 0 Å². The van der Waals surface area contributed by atoms with Crippen molar-refractivity contribution in [2.45, 2.75) is 38.1 Å². The molecular formula is C18H21N5O3. The van der Waals surface area contributed by atoms with Gasteiger partial charge in [0.15, 0.2) is 0 Å². The number of nitrogens with one attached hydrogen (secondary N) is 1. The van der Waals surface area contributed by atoms with Gasteiger partial charge in [0.25, 0.3) is 5.91 Å². The van der Waals surface area contributed by atoms with Crippen molar-refractivity contribution in [2.24, 2.45) is 5.92 Å². The van der Waals surface area contributed by atoms with Crippen LogP contribution in [0.4, 0.5) is 0 Å². The third kappa shape index (κ3) is 3.70. The van der Waals surface area contributed by atoms with E-state index in [2.05, 4.69) is 15.4 Å². The van der Waals surface area contributed by atoms with Crippen molar-refractivity contribution in [2.75, 3.05) is 0 Å². The van der Waals surface area contributed by atoms with Gasteiger partial charge in [-0.05, 0) is 30.9 Å². The topological polar surface area (TPSA) is 98.1 Å². The molecule has 3 aromatic rings. The summed E-state index contributed by atoms with van der Waals surface area (Å²) in [6.45, 7) is 1.27. The second kappa shape index (κ2) is 7.17. The zero-order valence-corrected chi connectivity index (χ0v) is 14.2. The molecule has 1 unspecified atom stereocenters. The molecule has 0 radical (unpaired) electrons. The van der Waals surface area contributed by atoms with Crippen LogP contribution in [0.15, 0.2) is 53.9 Å². The molecule has 1 saturated carbocycles. The van der Waals surface area contributed by atoms with Gasteiger partial charge >= 0.3 is 0 Å². The zero-order chi connectivity index (χ0) is 17.9. The van der Waals surface area contributed by atoms with E-state index in [1.54, 1.807) is 29.5 Å². The smallest absolute Gasteiger partial charge is 0.254 e. The van der Waals surface area contributed by atoms with Crippen molar-refractivity contribution >= 4 is 5.91 Å². The fourth-order valence-corrected chi connectivity index (χ4v) is 3.50. The lowest BCUT2D eigenvalue weighted by atomic mass is 10.1. The summed E-state index contributed by atoms with van der Waals surface area (Å²) in [4.78, 5) is 16.5. The SMILES string of the molecule is O=C(N[C@@H]1CC(Cn2ccnc2)C[C@H]1O)c1coc(Cn2cccn2)c1. The predicted octanol–water partition coefficient (Wildman–Crippen LogP) is 1.29. The summed E-state index contributed by atoms with van der Waals surface area (Å²) in [6, 6.07) is 3.29. The Balaban J connectivity index is 1.33. The lowest BCUT2D eigenvalue weighted by Crippen LogP contribution is -2.39. The van der Waals surface area contributed by atoms with Gasteiger partial charge in [-0.25, -0.2) is 4.98 Å². The first-order chi connectivity index (χ1) is 12.7. The number of rotatable bonds is 6. The minimum Gasteiger partial charge on any atom is -0.467 e. The minimum absolute atomic E-state index is 0.229. The van der Waals surface area contributed by atoms with Crippen LogP contribution in [-0.4, -0.2) is 42.5 Å². The van der Waals surface area contributed by atoms with E-state index < -0.39 is 6.10 Å². The molecule has 8 heteroatoms. The Morgan fingerprint density at radius 1 is 1.35 bits per heavy atom. The highest BCUT2D eigenvalue weighted by Crippen LogP contribution is 2.28. The number of aromatic nitrogens is 4. The van der Waals surface area contributed by atoms with Gasteiger partial charge in [0.05, 0.1) is 30.6 Å². The second-order valence-electron chi connectivity index (χ2n) is 6.75. The summed E-state index contributed by atoms with van der Waals surface area (Å²) in [5, 5.41) is 17.3. The molecule has 136 valence electrons. The monoisotopic (exact) mass is 355 g/mol. The number of nitrogens with zero attached hydrogens (tertiary/aromatic N) is 4. The van der Waals surface area contributed by atoms with Crippen molar-refractivity contribution in [1.29, 1.82) is 0 Å². The van der Waals surface area contributed by atoms with E-state index in [9.17, 15) is 9.90 Å². The normalized spacial score (nSPS) is 22.6. The number of amides is 1. The standard InChI is InChI=1S/C18H21N5O3/c24-17-7-13(9-22-5-3-19-12-22)6-16(17)21-18(25)14-8-15(26-11-14)10-23-4-1-2-20-23/h1-5,8,11-13,16-17,24H,6-7,9-10H2,(H,21,25)/t13?,16-,17-/m1/s1. The maximum atomic E-state index is 12.5. The van der Waals surface area contributed by atoms with Gasteiger partial charge < -0.3 is 19.4 Å². The van der Waals surface area contributed by atoms with Crippen LogP contribution in [-0.2, 0) is 13.1 Å². The van der Waals surface area contributed by atoms with Crippen molar-refractivity contribution in [1.82, 2.24) is 24.6 Å². The van der Waals surface area contributed by atoms with Crippen LogP contribution in [0.25, 0.3) is 0 Å². The lowest BCUT2D eigenvalue weighted by molar-refractivity contribution is 0.0872. The molecule has 3 atom stereocenters. The number of hydrogen-bond donors (Lipinski definition) is 2. The van der Waals surface area contributed by atoms with Crippen LogP contribution >= 0.6 is 0 Å². The molecule has 0 spiro atoms. The predicted molar refractivity (Wildman–Crippen MR) is 92.2 cm³/mol. The maximum absolute atomic E-state index is 12.5. The Morgan fingerprint density at radius 3 is 3.04 bits per heavy atom. The van der Waals surface area contributed by atoms with Gasteiger partial charge in [-0.1, -0.05) is 0 Å². The van der Waals surface area contributed by atoms with Crippen molar-refractivity contribution in [3.63, 3.8) is 0 Å². The summed E-state index contributed by atoms with van der Waals surface area (Å²) < 4.78 is 9.17. The molecule has 1 amide bonds. The number of aliphatic hydroxyl groups is 1. The van der Waals surface area contributed by atoms with Crippen LogP contribution in [0.2, 0.25) is 0 Å². The Kier molecular flexibility index (Phi) is 4.57. The number of aliphatic hydroxyl groups excluding tert-OH is 1. The third-order valence-electron chi connectivity index (χ3n) is 4.76. The summed E-state index contributed by atoms with van der Waals surface area (Å²) in [7, 11) is 0. The van der Waals surface area contributed by atoms with Crippen molar-refractivity contribution in [3.05, 3.63) is 60.8 Å². The number of carbonyl (C=O) groups is 1. The molecule has 0 bridgehead atoms. The molecule has 4 rings (SSSR count). The number of carbonyl (C=O) groups excluding carboxylic acids is 1. The van der Waals surface area contributed by atoms with Gasteiger partial charge in [-0.15, -0.1) is 0 Å². The lowest BCUT2D eigenvalue weighted by Gasteiger charge is -2.15. The molecule has 1 fully saturated rings. The van der Waals surface area contributed by atoms with Crippen molar-refractivity contribution < 1.29 is 14.3 Å². The van der Waals surface area contributed by atoms with Gasteiger partial charge in [0, 0.05) is 31.3 Å². The van der Waals surface area contributed by atoms with E-state index in [-0.39, 0.29) is 11.9 Å². The fraction of sp³-hybridized carbons (Fsp3) is 0.389. The summed E-state index contributed by atoms with van der Waals surface area (Å²) in [6.07, 6.45) is 11.2. The van der Waals surface area contributed by atoms with Gasteiger partial charge in [-0.2, -0.15) is 5.10 Å². The minimum atomic E-state index is -0.539. The Hall–Kier alpha value is -2.87. The maximum Gasteiger partial charge on any atom is 0.254 e. The number of furan rings is 1. The third-order valence-corrected chi connectivity index (χ3v) is 4.76. The molecule has 3 heterocycles. The summed E-state index contributed by atoms with van der Waals surface area (Å²) in [5.74, 6) is 0.737. The van der Waals surface area contributed by atoms with E-state index in [0.29, 0.717) is 30.2 Å². The molecular weight excluding hydrogens is 334 g/mol. The molecule has 26 heavy (non-hydrogen) atoms. The highest BCUT2D eigenvalue weighted by atomic mass is 16.3. The molecule has 0 saturated heterocycles. The van der Waals surface area contributed by atoms with Gasteiger partial charge in [0.2, 0.25) is 0 Å². The molecule has 2 N–H and O–H groups in total. The first-order valence-electron chi connectivity index (χ1n) is 8.67. The Morgan fingerprint density at radius 2 is 2.27 bits per heavy atom. The average Bonchev–Trinajstić information content (AvgIpc) is 3.39. The molecule has 0 aromatic carbocycles. The quantitative estimate of drug-likeness (QED) is 0.694. The van der Waals surface area contributed by atoms with E-state index in [1.165, 1.54) is 6.26 Å². The van der Waals surface area contributed by atoms with E-state index in [1.807, 2.05) is 23.0 Å². The molecule has 0 aliphatic heterocycles. The highest BCUT2D eigenvalue weighted by molar-refractivity contribution is 5.94. The Labute approximate surface area is 150 Å². The summed E-state index contributed by atoms with van der Waals surface area (Å²) in [5.41, 5.74) is 0.456. The molecule has 3 aromatic heterocycles. The first-order valence-corrected chi connectivity index (χ1v) is 8.67. The molecule has 8 nitrogen and oxygen atoms in total. The fourth-order valence-electron chi connectivity index (χ4n) is 3.50. The van der Waals surface area contributed by atoms with E-state index in [0.717, 1.165) is 13.0 Å². The van der Waals surface area contributed by atoms with Crippen LogP contribution in [0, 0.1) is 5.92 Å². The van der Waals surface area contributed by atoms with Crippen molar-refractivity contribution in [3.8, 4) is 0 Å². The van der Waals surface area contributed by atoms with Gasteiger partial charge in [-0.3, -0.25) is 9.48 Å². The molecule has 1 aliphatic carbocycles. The van der Waals surface area contributed by atoms with Gasteiger partial charge in [0.1, 0.15) is 12.0 Å². The highest BCUT2D eigenvalue weighted by Gasteiger charge is 2.34. The van der Waals surface area contributed by atoms with Crippen LogP contribution in [0.1, 0.15) is 29.0 Å². The van der Waals surface area contributed by atoms with Crippen LogP contribution in [0.3, 0.4) is 0 Å². The number of hydrogen-bond acceptors (Lipinski definition) is 5. The van der Waals surface area contributed by atoms with Crippen LogP contribution < -0.4 is 5.32 Å². The zero-order valence-electron chi connectivity index (χ0n) is 14.2. The first kappa shape index (κ1) is 16.6. The average molecular weight is 355 g/mol. The Bertz CT molecular complexity index is 840.